The third-order valence-corrected chi connectivity index (χ3v) is 7.23. The van der Waals surface area contributed by atoms with Crippen LogP contribution in [0.5, 0.6) is 23.0 Å². The van der Waals surface area contributed by atoms with Crippen molar-refractivity contribution in [3.8, 4) is 23.0 Å². The van der Waals surface area contributed by atoms with E-state index in [0.717, 1.165) is 43.7 Å². The summed E-state index contributed by atoms with van der Waals surface area (Å²) in [4.78, 5) is 10.5. The predicted molar refractivity (Wildman–Crippen MR) is 174 cm³/mol. The van der Waals surface area contributed by atoms with Crippen molar-refractivity contribution >= 4 is 22.8 Å². The van der Waals surface area contributed by atoms with Crippen LogP contribution in [-0.2, 0) is 0 Å². The lowest BCUT2D eigenvalue weighted by molar-refractivity contribution is 0.482. The van der Waals surface area contributed by atoms with Crippen molar-refractivity contribution in [2.45, 2.75) is 0 Å². The molecular formula is C38H28N4O2. The van der Waals surface area contributed by atoms with Crippen LogP contribution in [0.15, 0.2) is 156 Å². The maximum Gasteiger partial charge on any atom is 0.129 e. The van der Waals surface area contributed by atoms with Gasteiger partial charge in [-0.05, 0) is 84.9 Å². The van der Waals surface area contributed by atoms with Gasteiger partial charge in [0.25, 0.3) is 0 Å². The van der Waals surface area contributed by atoms with Crippen LogP contribution in [0.1, 0.15) is 11.1 Å². The fraction of sp³-hybridized carbons (Fsp3) is 0. The minimum absolute atomic E-state index is 0.653. The molecule has 0 spiro atoms. The summed E-state index contributed by atoms with van der Waals surface area (Å²) in [7, 11) is 0. The summed E-state index contributed by atoms with van der Waals surface area (Å²) >= 11 is 0. The van der Waals surface area contributed by atoms with Crippen LogP contribution >= 0.6 is 0 Å². The molecule has 0 radical (unpaired) electrons. The SMILES string of the molecule is Nc1cccc(Oc2ccc(C3=c4\cccc\c4=N/C(c4ccc(Oc5cccc(N)c5)cc4)=c4/cccc/c4=N\3)cc2)c1. The molecule has 0 saturated carbocycles. The van der Waals surface area contributed by atoms with Crippen LogP contribution in [0.25, 0.3) is 11.4 Å². The van der Waals surface area contributed by atoms with E-state index >= 15 is 0 Å². The van der Waals surface area contributed by atoms with Crippen molar-refractivity contribution in [1.82, 2.24) is 0 Å². The Labute approximate surface area is 254 Å². The van der Waals surface area contributed by atoms with E-state index < -0.39 is 0 Å². The third kappa shape index (κ3) is 5.65. The predicted octanol–water partition coefficient (Wildman–Crippen LogP) is 5.70. The first kappa shape index (κ1) is 26.7. The first-order chi connectivity index (χ1) is 21.6. The average molecular weight is 573 g/mol. The summed E-state index contributed by atoms with van der Waals surface area (Å²) in [5.41, 5.74) is 16.7. The van der Waals surface area contributed by atoms with Crippen molar-refractivity contribution in [3.05, 3.63) is 178 Å². The van der Waals surface area contributed by atoms with Gasteiger partial charge in [-0.15, -0.1) is 0 Å². The van der Waals surface area contributed by atoms with Gasteiger partial charge in [0.1, 0.15) is 23.0 Å². The molecule has 4 N–H and O–H groups in total. The first-order valence-corrected chi connectivity index (χ1v) is 14.2. The molecule has 212 valence electrons. The number of ether oxygens (including phenoxy) is 2. The minimum atomic E-state index is 0.653. The molecule has 0 unspecified atom stereocenters. The van der Waals surface area contributed by atoms with Gasteiger partial charge < -0.3 is 20.9 Å². The van der Waals surface area contributed by atoms with E-state index in [2.05, 4.69) is 12.1 Å². The Kier molecular flexibility index (Phi) is 7.06. The molecule has 0 fully saturated rings. The molecule has 1 heterocycles. The number of nitrogens with two attached hydrogens (primary N) is 2. The van der Waals surface area contributed by atoms with Crippen LogP contribution in [0, 0.1) is 0 Å². The Bertz CT molecular complexity index is 2080. The lowest BCUT2D eigenvalue weighted by atomic mass is 10.1. The van der Waals surface area contributed by atoms with Crippen LogP contribution < -0.4 is 42.1 Å². The van der Waals surface area contributed by atoms with E-state index in [0.29, 0.717) is 34.4 Å². The molecule has 0 amide bonds. The van der Waals surface area contributed by atoms with Gasteiger partial charge in [0.05, 0.1) is 22.1 Å². The maximum absolute atomic E-state index is 6.03. The number of fused-ring (bicyclic) bond motifs is 2. The fourth-order valence-corrected chi connectivity index (χ4v) is 5.13. The second kappa shape index (κ2) is 11.6. The van der Waals surface area contributed by atoms with Gasteiger partial charge in [0.2, 0.25) is 0 Å². The normalized spacial score (nSPS) is 16.1. The lowest BCUT2D eigenvalue weighted by Crippen LogP contribution is -2.34. The smallest absolute Gasteiger partial charge is 0.129 e. The quantitative estimate of drug-likeness (QED) is 0.250. The third-order valence-electron chi connectivity index (χ3n) is 7.23. The van der Waals surface area contributed by atoms with Crippen LogP contribution in [0.2, 0.25) is 0 Å². The molecule has 0 aromatic heterocycles. The van der Waals surface area contributed by atoms with Gasteiger partial charge >= 0.3 is 0 Å². The van der Waals surface area contributed by atoms with Gasteiger partial charge in [0.15, 0.2) is 0 Å². The Morgan fingerprint density at radius 1 is 0.386 bits per heavy atom. The number of rotatable bonds is 6. The van der Waals surface area contributed by atoms with Gasteiger partial charge in [0, 0.05) is 45.1 Å². The molecule has 44 heavy (non-hydrogen) atoms. The molecule has 6 heteroatoms. The molecule has 6 aromatic carbocycles. The van der Waals surface area contributed by atoms with E-state index in [1.165, 1.54) is 0 Å². The summed E-state index contributed by atoms with van der Waals surface area (Å²) in [5.74, 6) is 2.80. The second-order valence-corrected chi connectivity index (χ2v) is 10.4. The topological polar surface area (TPSA) is 95.2 Å². The highest BCUT2D eigenvalue weighted by Gasteiger charge is 2.11. The lowest BCUT2D eigenvalue weighted by Gasteiger charge is -2.11. The van der Waals surface area contributed by atoms with E-state index in [9.17, 15) is 0 Å². The largest absolute Gasteiger partial charge is 0.457 e. The van der Waals surface area contributed by atoms with E-state index in [1.54, 1.807) is 12.1 Å². The highest BCUT2D eigenvalue weighted by atomic mass is 16.5. The maximum atomic E-state index is 6.03. The number of para-hydroxylation sites is 2. The zero-order valence-electron chi connectivity index (χ0n) is 23.7. The Morgan fingerprint density at radius 2 is 0.795 bits per heavy atom. The Hall–Kier alpha value is -6.14. The molecular weight excluding hydrogens is 544 g/mol. The van der Waals surface area contributed by atoms with E-state index in [4.69, 9.17) is 30.9 Å². The number of nitrogen functional groups attached to an aromatic ring is 2. The Morgan fingerprint density at radius 3 is 1.20 bits per heavy atom. The zero-order valence-corrected chi connectivity index (χ0v) is 23.7. The van der Waals surface area contributed by atoms with E-state index in [1.807, 2.05) is 121 Å². The molecule has 6 nitrogen and oxygen atoms in total. The van der Waals surface area contributed by atoms with Crippen LogP contribution in [-0.4, -0.2) is 0 Å². The average Bonchev–Trinajstić information content (AvgIpc) is 3.03. The van der Waals surface area contributed by atoms with Crippen molar-refractivity contribution in [2.75, 3.05) is 11.5 Å². The standard InChI is InChI=1S/C38H28N4O2/c39-27-7-5-9-31(23-27)43-29-19-15-25(16-20-29)37-33-11-1-3-13-35(33)41-38(34-12-2-4-14-36(34)42-37)26-17-21-30(22-18-26)44-32-10-6-8-28(40)24-32/h1-24H,39-40H2/b37-33-,38-34-,41-35+,41-38?,42-36+,42-37?. The minimum Gasteiger partial charge on any atom is -0.457 e. The van der Waals surface area contributed by atoms with Crippen molar-refractivity contribution < 1.29 is 9.47 Å². The molecule has 0 aliphatic carbocycles. The summed E-state index contributed by atoms with van der Waals surface area (Å²) in [6.07, 6.45) is 0. The fourth-order valence-electron chi connectivity index (χ4n) is 5.13. The summed E-state index contributed by atoms with van der Waals surface area (Å²) in [6, 6.07) is 46.8. The highest BCUT2D eigenvalue weighted by Crippen LogP contribution is 2.26. The number of hydrogen-bond acceptors (Lipinski definition) is 6. The molecule has 0 saturated heterocycles. The van der Waals surface area contributed by atoms with Gasteiger partial charge in [-0.25, -0.2) is 9.98 Å². The zero-order chi connectivity index (χ0) is 29.9. The number of nitrogens with zero attached hydrogens (tertiary/aromatic N) is 2. The van der Waals surface area contributed by atoms with Crippen molar-refractivity contribution in [3.63, 3.8) is 0 Å². The number of anilines is 2. The molecule has 0 bridgehead atoms. The molecule has 7 rings (SSSR count). The first-order valence-electron chi connectivity index (χ1n) is 14.2. The number of hydrogen-bond donors (Lipinski definition) is 2. The second-order valence-electron chi connectivity index (χ2n) is 10.4. The molecule has 1 aliphatic heterocycles. The van der Waals surface area contributed by atoms with Crippen LogP contribution in [0.4, 0.5) is 11.4 Å². The van der Waals surface area contributed by atoms with Gasteiger partial charge in [-0.2, -0.15) is 0 Å². The van der Waals surface area contributed by atoms with Crippen molar-refractivity contribution in [2.24, 2.45) is 9.98 Å². The number of benzene rings is 6. The van der Waals surface area contributed by atoms with Gasteiger partial charge in [-0.1, -0.05) is 48.5 Å². The van der Waals surface area contributed by atoms with E-state index in [-0.39, 0.29) is 0 Å². The van der Waals surface area contributed by atoms with Crippen molar-refractivity contribution in [1.29, 1.82) is 0 Å². The monoisotopic (exact) mass is 572 g/mol. The molecule has 6 aromatic rings. The summed E-state index contributed by atoms with van der Waals surface area (Å²) in [5, 5.41) is 3.53. The van der Waals surface area contributed by atoms with Gasteiger partial charge in [-0.3, -0.25) is 0 Å². The summed E-state index contributed by atoms with van der Waals surface area (Å²) < 4.78 is 12.1. The van der Waals surface area contributed by atoms with Crippen LogP contribution in [0.3, 0.4) is 0 Å². The molecule has 1 aliphatic rings. The summed E-state index contributed by atoms with van der Waals surface area (Å²) in [6.45, 7) is 0. The Balaban J connectivity index is 1.31. The highest BCUT2D eigenvalue weighted by molar-refractivity contribution is 5.69. The molecule has 0 atom stereocenters.